The molecule has 1 unspecified atom stereocenters. The molecule has 112 valence electrons. The van der Waals surface area contributed by atoms with Crippen LogP contribution in [0.5, 0.6) is 0 Å². The largest absolute Gasteiger partial charge is 0.465 e. The number of sulfonamides is 1. The molecule has 0 aliphatic heterocycles. The van der Waals surface area contributed by atoms with E-state index in [2.05, 4.69) is 9.46 Å². The van der Waals surface area contributed by atoms with Gasteiger partial charge in [-0.25, -0.2) is 17.9 Å². The van der Waals surface area contributed by atoms with Crippen LogP contribution in [0.2, 0.25) is 0 Å². The second-order valence-corrected chi connectivity index (χ2v) is 6.29. The molecule has 7 heteroatoms. The number of ether oxygens (including phenoxy) is 1. The summed E-state index contributed by atoms with van der Waals surface area (Å²) in [7, 11) is -2.16. The maximum atomic E-state index is 11.8. The molecule has 0 radical (unpaired) electrons. The van der Waals surface area contributed by atoms with Crippen molar-refractivity contribution in [1.82, 2.24) is 4.72 Å². The molecule has 0 bridgehead atoms. The molecular weight excluding hydrogens is 282 g/mol. The summed E-state index contributed by atoms with van der Waals surface area (Å²) in [5, 5.41) is 9.07. The van der Waals surface area contributed by atoms with Crippen molar-refractivity contribution in [3.63, 3.8) is 0 Å². The van der Waals surface area contributed by atoms with E-state index in [0.717, 1.165) is 0 Å². The zero-order valence-corrected chi connectivity index (χ0v) is 12.3. The van der Waals surface area contributed by atoms with Crippen LogP contribution in [0.1, 0.15) is 29.3 Å². The molecule has 0 aliphatic carbocycles. The molecule has 6 nitrogen and oxygen atoms in total. The van der Waals surface area contributed by atoms with E-state index in [1.165, 1.54) is 19.2 Å². The summed E-state index contributed by atoms with van der Waals surface area (Å²) in [6, 6.07) is 6.18. The predicted molar refractivity (Wildman–Crippen MR) is 74.7 cm³/mol. The standard InChI is InChI=1S/C13H19NO5S/c1-10(15)7-8-14-20(17,18)9-11-3-5-12(6-4-11)13(16)19-2/h3-6,10,14-15H,7-9H2,1-2H3. The Bertz CT molecular complexity index is 536. The number of hydrogen-bond acceptors (Lipinski definition) is 5. The highest BCUT2D eigenvalue weighted by Crippen LogP contribution is 2.09. The maximum absolute atomic E-state index is 11.8. The second-order valence-electron chi connectivity index (χ2n) is 4.48. The van der Waals surface area contributed by atoms with Crippen LogP contribution < -0.4 is 4.72 Å². The minimum Gasteiger partial charge on any atom is -0.465 e. The minimum atomic E-state index is -3.45. The summed E-state index contributed by atoms with van der Waals surface area (Å²) < 4.78 is 30.5. The number of hydrogen-bond donors (Lipinski definition) is 2. The van der Waals surface area contributed by atoms with Crippen LogP contribution in [0, 0.1) is 0 Å². The molecule has 0 amide bonds. The highest BCUT2D eigenvalue weighted by molar-refractivity contribution is 7.88. The van der Waals surface area contributed by atoms with Gasteiger partial charge in [-0.15, -0.1) is 0 Å². The first-order valence-corrected chi connectivity index (χ1v) is 7.82. The molecular formula is C13H19NO5S. The topological polar surface area (TPSA) is 92.7 Å². The molecule has 1 rings (SSSR count). The van der Waals surface area contributed by atoms with Crippen LogP contribution in [0.15, 0.2) is 24.3 Å². The first-order valence-electron chi connectivity index (χ1n) is 6.16. The SMILES string of the molecule is COC(=O)c1ccc(CS(=O)(=O)NCCC(C)O)cc1. The number of rotatable bonds is 7. The van der Waals surface area contributed by atoms with Gasteiger partial charge < -0.3 is 9.84 Å². The van der Waals surface area contributed by atoms with E-state index >= 15 is 0 Å². The van der Waals surface area contributed by atoms with E-state index in [4.69, 9.17) is 5.11 Å². The molecule has 0 aliphatic rings. The molecule has 20 heavy (non-hydrogen) atoms. The number of aliphatic hydroxyl groups is 1. The van der Waals surface area contributed by atoms with Gasteiger partial charge in [-0.3, -0.25) is 0 Å². The van der Waals surface area contributed by atoms with E-state index in [-0.39, 0.29) is 12.3 Å². The first-order chi connectivity index (χ1) is 9.34. The van der Waals surface area contributed by atoms with Crippen molar-refractivity contribution in [2.75, 3.05) is 13.7 Å². The summed E-state index contributed by atoms with van der Waals surface area (Å²) in [4.78, 5) is 11.2. The molecule has 2 N–H and O–H groups in total. The third-order valence-corrected chi connectivity index (χ3v) is 3.97. The number of esters is 1. The predicted octanol–water partition coefficient (Wildman–Crippen LogP) is 0.663. The lowest BCUT2D eigenvalue weighted by molar-refractivity contribution is 0.0600. The highest BCUT2D eigenvalue weighted by Gasteiger charge is 2.12. The van der Waals surface area contributed by atoms with Gasteiger partial charge in [0.05, 0.1) is 24.5 Å². The van der Waals surface area contributed by atoms with Gasteiger partial charge in [0.15, 0.2) is 0 Å². The van der Waals surface area contributed by atoms with E-state index in [0.29, 0.717) is 17.5 Å². The van der Waals surface area contributed by atoms with Gasteiger partial charge in [-0.05, 0) is 31.0 Å². The molecule has 0 fully saturated rings. The number of aliphatic hydroxyl groups excluding tert-OH is 1. The Morgan fingerprint density at radius 3 is 2.45 bits per heavy atom. The van der Waals surface area contributed by atoms with Crippen molar-refractivity contribution in [2.45, 2.75) is 25.2 Å². The van der Waals surface area contributed by atoms with E-state index < -0.39 is 22.1 Å². The normalized spacial score (nSPS) is 12.9. The van der Waals surface area contributed by atoms with Crippen molar-refractivity contribution < 1.29 is 23.1 Å². The van der Waals surface area contributed by atoms with Crippen molar-refractivity contribution in [2.24, 2.45) is 0 Å². The number of carbonyl (C=O) groups excluding carboxylic acids is 1. The quantitative estimate of drug-likeness (QED) is 0.722. The van der Waals surface area contributed by atoms with Crippen LogP contribution >= 0.6 is 0 Å². The summed E-state index contributed by atoms with van der Waals surface area (Å²) in [6.45, 7) is 1.79. The third-order valence-electron chi connectivity index (χ3n) is 2.62. The zero-order valence-electron chi connectivity index (χ0n) is 11.5. The van der Waals surface area contributed by atoms with E-state index in [9.17, 15) is 13.2 Å². The molecule has 0 saturated heterocycles. The van der Waals surface area contributed by atoms with Gasteiger partial charge >= 0.3 is 5.97 Å². The third kappa shape index (κ3) is 5.68. The van der Waals surface area contributed by atoms with Gasteiger partial charge in [0.25, 0.3) is 0 Å². The van der Waals surface area contributed by atoms with Crippen molar-refractivity contribution in [1.29, 1.82) is 0 Å². The fourth-order valence-corrected chi connectivity index (χ4v) is 2.71. The number of carbonyl (C=O) groups is 1. The van der Waals surface area contributed by atoms with Crippen molar-refractivity contribution >= 4 is 16.0 Å². The van der Waals surface area contributed by atoms with Crippen LogP contribution in [0.25, 0.3) is 0 Å². The average molecular weight is 301 g/mol. The Morgan fingerprint density at radius 2 is 1.95 bits per heavy atom. The lowest BCUT2D eigenvalue weighted by Crippen LogP contribution is -2.27. The van der Waals surface area contributed by atoms with Gasteiger partial charge in [0, 0.05) is 6.54 Å². The van der Waals surface area contributed by atoms with Crippen LogP contribution in [0.4, 0.5) is 0 Å². The molecule has 0 saturated carbocycles. The molecule has 0 aromatic heterocycles. The van der Waals surface area contributed by atoms with Gasteiger partial charge in [0.1, 0.15) is 0 Å². The summed E-state index contributed by atoms with van der Waals surface area (Å²) >= 11 is 0. The Labute approximate surface area is 118 Å². The zero-order chi connectivity index (χ0) is 15.2. The van der Waals surface area contributed by atoms with Crippen molar-refractivity contribution in [3.05, 3.63) is 35.4 Å². The Hall–Kier alpha value is -1.44. The lowest BCUT2D eigenvalue weighted by Gasteiger charge is -2.08. The number of benzene rings is 1. The fourth-order valence-electron chi connectivity index (χ4n) is 1.55. The summed E-state index contributed by atoms with van der Waals surface area (Å²) in [5.41, 5.74) is 0.943. The van der Waals surface area contributed by atoms with Crippen LogP contribution in [0.3, 0.4) is 0 Å². The summed E-state index contributed by atoms with van der Waals surface area (Å²) in [6.07, 6.45) is -0.183. The molecule has 1 aromatic rings. The maximum Gasteiger partial charge on any atom is 0.337 e. The molecule has 1 atom stereocenters. The van der Waals surface area contributed by atoms with Gasteiger partial charge in [0.2, 0.25) is 10.0 Å². The first kappa shape index (κ1) is 16.6. The monoisotopic (exact) mass is 301 g/mol. The number of methoxy groups -OCH3 is 1. The second kappa shape index (κ2) is 7.37. The van der Waals surface area contributed by atoms with Crippen LogP contribution in [-0.4, -0.2) is 39.3 Å². The highest BCUT2D eigenvalue weighted by atomic mass is 32.2. The lowest BCUT2D eigenvalue weighted by atomic mass is 10.1. The fraction of sp³-hybridized carbons (Fsp3) is 0.462. The summed E-state index contributed by atoms with van der Waals surface area (Å²) in [5.74, 6) is -0.636. The van der Waals surface area contributed by atoms with Gasteiger partial charge in [-0.1, -0.05) is 12.1 Å². The molecule has 0 heterocycles. The number of nitrogens with one attached hydrogen (secondary N) is 1. The minimum absolute atomic E-state index is 0.172. The Balaban J connectivity index is 2.61. The van der Waals surface area contributed by atoms with E-state index in [1.54, 1.807) is 19.1 Å². The smallest absolute Gasteiger partial charge is 0.337 e. The van der Waals surface area contributed by atoms with Gasteiger partial charge in [-0.2, -0.15) is 0 Å². The Morgan fingerprint density at radius 1 is 1.35 bits per heavy atom. The molecule has 0 spiro atoms. The Kier molecular flexibility index (Phi) is 6.12. The average Bonchev–Trinajstić information content (AvgIpc) is 2.37. The van der Waals surface area contributed by atoms with Crippen LogP contribution in [-0.2, 0) is 20.5 Å². The molecule has 1 aromatic carbocycles. The van der Waals surface area contributed by atoms with Crippen molar-refractivity contribution in [3.8, 4) is 0 Å². The van der Waals surface area contributed by atoms with E-state index in [1.807, 2.05) is 0 Å².